The summed E-state index contributed by atoms with van der Waals surface area (Å²) in [5.41, 5.74) is 2.02. The summed E-state index contributed by atoms with van der Waals surface area (Å²) in [6.45, 7) is 7.31. The number of aryl methyl sites for hydroxylation is 1. The molecule has 2 heterocycles. The Balaban J connectivity index is 1.54. The molecule has 2 fully saturated rings. The zero-order valence-electron chi connectivity index (χ0n) is 16.5. The van der Waals surface area contributed by atoms with Crippen LogP contribution in [0.25, 0.3) is 10.2 Å². The summed E-state index contributed by atoms with van der Waals surface area (Å²) in [4.78, 5) is 22.5. The third-order valence-electron chi connectivity index (χ3n) is 5.85. The SMILES string of the molecule is Cc1ccc(Cl)c2sc(N(CCCN3CCOCC3)C(=O)C3CCCC3)nc12. The molecule has 152 valence electrons. The Morgan fingerprint density at radius 1 is 1.32 bits per heavy atom. The van der Waals surface area contributed by atoms with Crippen LogP contribution in [0, 0.1) is 12.8 Å². The second-order valence-corrected chi connectivity index (χ2v) is 9.20. The Morgan fingerprint density at radius 2 is 2.07 bits per heavy atom. The van der Waals surface area contributed by atoms with E-state index in [0.717, 1.165) is 85.9 Å². The van der Waals surface area contributed by atoms with Crippen LogP contribution >= 0.6 is 22.9 Å². The van der Waals surface area contributed by atoms with E-state index in [1.807, 2.05) is 24.0 Å². The third kappa shape index (κ3) is 4.35. The van der Waals surface area contributed by atoms with Gasteiger partial charge in [0.1, 0.15) is 0 Å². The molecule has 2 aromatic rings. The van der Waals surface area contributed by atoms with Crippen LogP contribution in [0.2, 0.25) is 5.02 Å². The first-order valence-electron chi connectivity index (χ1n) is 10.3. The number of morpholine rings is 1. The van der Waals surface area contributed by atoms with E-state index in [2.05, 4.69) is 4.90 Å². The number of aromatic nitrogens is 1. The summed E-state index contributed by atoms with van der Waals surface area (Å²) in [7, 11) is 0. The lowest BCUT2D eigenvalue weighted by molar-refractivity contribution is -0.122. The molecule has 0 radical (unpaired) electrons. The van der Waals surface area contributed by atoms with Gasteiger partial charge in [-0.25, -0.2) is 4.98 Å². The topological polar surface area (TPSA) is 45.7 Å². The molecule has 1 aliphatic heterocycles. The number of anilines is 1. The van der Waals surface area contributed by atoms with Gasteiger partial charge < -0.3 is 4.74 Å². The van der Waals surface area contributed by atoms with Gasteiger partial charge in [0.05, 0.1) is 28.5 Å². The largest absolute Gasteiger partial charge is 0.379 e. The molecule has 0 atom stereocenters. The molecule has 1 saturated carbocycles. The van der Waals surface area contributed by atoms with Gasteiger partial charge in [-0.3, -0.25) is 14.6 Å². The number of fused-ring (bicyclic) bond motifs is 1. The Labute approximate surface area is 175 Å². The van der Waals surface area contributed by atoms with Crippen molar-refractivity contribution in [1.82, 2.24) is 9.88 Å². The van der Waals surface area contributed by atoms with Gasteiger partial charge in [-0.15, -0.1) is 0 Å². The van der Waals surface area contributed by atoms with Crippen molar-refractivity contribution < 1.29 is 9.53 Å². The van der Waals surface area contributed by atoms with Crippen molar-refractivity contribution in [2.45, 2.75) is 39.0 Å². The highest BCUT2D eigenvalue weighted by Crippen LogP contribution is 2.37. The molecular formula is C21H28ClN3O2S. The molecule has 1 aromatic carbocycles. The van der Waals surface area contributed by atoms with Gasteiger partial charge in [-0.2, -0.15) is 0 Å². The number of thiazole rings is 1. The van der Waals surface area contributed by atoms with E-state index < -0.39 is 0 Å². The molecule has 1 aromatic heterocycles. The number of carbonyl (C=O) groups excluding carboxylic acids is 1. The first kappa shape index (κ1) is 20.1. The number of ether oxygens (including phenoxy) is 1. The number of hydrogen-bond donors (Lipinski definition) is 0. The van der Waals surface area contributed by atoms with Gasteiger partial charge >= 0.3 is 0 Å². The molecule has 5 nitrogen and oxygen atoms in total. The van der Waals surface area contributed by atoms with E-state index in [4.69, 9.17) is 21.3 Å². The standard InChI is InChI=1S/C21H28ClN3O2S/c1-15-7-8-17(22)19-18(15)23-21(28-19)25(20(26)16-5-2-3-6-16)10-4-9-24-11-13-27-14-12-24/h7-8,16H,2-6,9-14H2,1H3. The van der Waals surface area contributed by atoms with Crippen molar-refractivity contribution in [3.63, 3.8) is 0 Å². The fraction of sp³-hybridized carbons (Fsp3) is 0.619. The van der Waals surface area contributed by atoms with E-state index in [9.17, 15) is 4.79 Å². The minimum absolute atomic E-state index is 0.145. The molecule has 1 saturated heterocycles. The summed E-state index contributed by atoms with van der Waals surface area (Å²) < 4.78 is 6.41. The van der Waals surface area contributed by atoms with Gasteiger partial charge in [-0.1, -0.05) is 41.8 Å². The number of halogens is 1. The van der Waals surface area contributed by atoms with Crippen molar-refractivity contribution in [2.75, 3.05) is 44.3 Å². The fourth-order valence-corrected chi connectivity index (χ4v) is 5.52. The van der Waals surface area contributed by atoms with Crippen LogP contribution in [0.5, 0.6) is 0 Å². The zero-order valence-corrected chi connectivity index (χ0v) is 18.0. The Hall–Kier alpha value is -1.21. The van der Waals surface area contributed by atoms with Gasteiger partial charge in [0.25, 0.3) is 0 Å². The number of benzene rings is 1. The second kappa shape index (κ2) is 9.08. The first-order chi connectivity index (χ1) is 13.6. The van der Waals surface area contributed by atoms with Crippen LogP contribution in [-0.4, -0.2) is 55.2 Å². The molecule has 28 heavy (non-hydrogen) atoms. The van der Waals surface area contributed by atoms with Crippen molar-refractivity contribution in [2.24, 2.45) is 5.92 Å². The van der Waals surface area contributed by atoms with Gasteiger partial charge in [0.2, 0.25) is 5.91 Å². The maximum Gasteiger partial charge on any atom is 0.231 e. The van der Waals surface area contributed by atoms with Crippen LogP contribution in [-0.2, 0) is 9.53 Å². The van der Waals surface area contributed by atoms with Crippen LogP contribution in [0.1, 0.15) is 37.7 Å². The van der Waals surface area contributed by atoms with E-state index in [-0.39, 0.29) is 11.8 Å². The Morgan fingerprint density at radius 3 is 2.79 bits per heavy atom. The highest BCUT2D eigenvalue weighted by Gasteiger charge is 2.30. The molecule has 0 spiro atoms. The summed E-state index contributed by atoms with van der Waals surface area (Å²) in [6.07, 6.45) is 5.26. The molecule has 2 aliphatic rings. The Kier molecular flexibility index (Phi) is 6.51. The fourth-order valence-electron chi connectivity index (χ4n) is 4.18. The lowest BCUT2D eigenvalue weighted by Crippen LogP contribution is -2.40. The quantitative estimate of drug-likeness (QED) is 0.688. The third-order valence-corrected chi connectivity index (χ3v) is 7.39. The van der Waals surface area contributed by atoms with E-state index in [1.54, 1.807) is 11.3 Å². The molecular weight excluding hydrogens is 394 g/mol. The van der Waals surface area contributed by atoms with E-state index >= 15 is 0 Å². The van der Waals surface area contributed by atoms with Crippen LogP contribution < -0.4 is 4.90 Å². The summed E-state index contributed by atoms with van der Waals surface area (Å²) in [5, 5.41) is 1.51. The molecule has 0 unspecified atom stereocenters. The monoisotopic (exact) mass is 421 g/mol. The zero-order chi connectivity index (χ0) is 19.5. The minimum atomic E-state index is 0.145. The smallest absolute Gasteiger partial charge is 0.231 e. The highest BCUT2D eigenvalue weighted by atomic mass is 35.5. The minimum Gasteiger partial charge on any atom is -0.379 e. The van der Waals surface area contributed by atoms with Crippen LogP contribution in [0.15, 0.2) is 12.1 Å². The van der Waals surface area contributed by atoms with E-state index in [1.165, 1.54) is 0 Å². The number of amides is 1. The van der Waals surface area contributed by atoms with Gasteiger partial charge in [0.15, 0.2) is 5.13 Å². The molecule has 4 rings (SSSR count). The van der Waals surface area contributed by atoms with Crippen molar-refractivity contribution in [3.8, 4) is 0 Å². The number of hydrogen-bond acceptors (Lipinski definition) is 5. The van der Waals surface area contributed by atoms with Crippen molar-refractivity contribution in [3.05, 3.63) is 22.7 Å². The molecule has 0 N–H and O–H groups in total. The first-order valence-corrected chi connectivity index (χ1v) is 11.5. The average Bonchev–Trinajstić information content (AvgIpc) is 3.39. The normalized spacial score (nSPS) is 18.8. The maximum atomic E-state index is 13.3. The number of rotatable bonds is 6. The Bertz CT molecular complexity index is 789. The maximum absolute atomic E-state index is 13.3. The summed E-state index contributed by atoms with van der Waals surface area (Å²) in [6, 6.07) is 3.92. The lowest BCUT2D eigenvalue weighted by atomic mass is 10.1. The number of nitrogens with zero attached hydrogens (tertiary/aromatic N) is 3. The van der Waals surface area contributed by atoms with Crippen LogP contribution in [0.3, 0.4) is 0 Å². The summed E-state index contributed by atoms with van der Waals surface area (Å²) in [5.74, 6) is 0.388. The number of carbonyl (C=O) groups is 1. The highest BCUT2D eigenvalue weighted by molar-refractivity contribution is 7.23. The summed E-state index contributed by atoms with van der Waals surface area (Å²) >= 11 is 7.96. The molecule has 1 aliphatic carbocycles. The van der Waals surface area contributed by atoms with Crippen molar-refractivity contribution >= 4 is 44.2 Å². The van der Waals surface area contributed by atoms with Gasteiger partial charge in [0, 0.05) is 32.1 Å². The van der Waals surface area contributed by atoms with E-state index in [0.29, 0.717) is 11.6 Å². The predicted octanol–water partition coefficient (Wildman–Crippen LogP) is 4.50. The molecule has 7 heteroatoms. The molecule has 1 amide bonds. The average molecular weight is 422 g/mol. The van der Waals surface area contributed by atoms with Crippen molar-refractivity contribution in [1.29, 1.82) is 0 Å². The van der Waals surface area contributed by atoms with Crippen LogP contribution in [0.4, 0.5) is 5.13 Å². The predicted molar refractivity (Wildman–Crippen MR) is 116 cm³/mol. The van der Waals surface area contributed by atoms with Gasteiger partial charge in [-0.05, 0) is 37.8 Å². The molecule has 0 bridgehead atoms. The second-order valence-electron chi connectivity index (χ2n) is 7.82. The lowest BCUT2D eigenvalue weighted by Gasteiger charge is -2.28.